The Morgan fingerprint density at radius 1 is 1.27 bits per heavy atom. The number of hydrogen-bond donors (Lipinski definition) is 1. The van der Waals surface area contributed by atoms with Crippen LogP contribution in [0.5, 0.6) is 5.75 Å². The lowest BCUT2D eigenvalue weighted by Crippen LogP contribution is -1.93. The molecule has 0 aliphatic heterocycles. The first kappa shape index (κ1) is 11.9. The minimum Gasteiger partial charge on any atom is -0.327 e. The topological polar surface area (TPSA) is 61.5 Å². The third kappa shape index (κ3) is 5.27. The monoisotopic (exact) mass is 226 g/mol. The zero-order valence-corrected chi connectivity index (χ0v) is 9.10. The summed E-state index contributed by atoms with van der Waals surface area (Å²) in [7, 11) is -2.12. The quantitative estimate of drug-likeness (QED) is 0.597. The molecule has 0 aliphatic rings. The van der Waals surface area contributed by atoms with E-state index in [2.05, 4.69) is 0 Å². The zero-order valence-electron chi connectivity index (χ0n) is 8.20. The summed E-state index contributed by atoms with van der Waals surface area (Å²) in [5.74, 6) is 0.529. The van der Waals surface area contributed by atoms with Crippen LogP contribution >= 0.6 is 8.25 Å². The van der Waals surface area contributed by atoms with Gasteiger partial charge >= 0.3 is 8.25 Å². The molecule has 0 fully saturated rings. The molecule has 0 saturated carbocycles. The molecule has 0 spiro atoms. The summed E-state index contributed by atoms with van der Waals surface area (Å²) in [6, 6.07) is 8.88. The minimum absolute atomic E-state index is 0.235. The van der Waals surface area contributed by atoms with Gasteiger partial charge < -0.3 is 5.73 Å². The summed E-state index contributed by atoms with van der Waals surface area (Å²) in [4.78, 5) is 0. The Morgan fingerprint density at radius 2 is 2.00 bits per heavy atom. The van der Waals surface area contributed by atoms with E-state index in [1.807, 2.05) is 6.07 Å². The molecule has 5 heteroatoms. The summed E-state index contributed by atoms with van der Waals surface area (Å²) in [6.45, 7) is 0.679. The number of benzene rings is 1. The highest BCUT2D eigenvalue weighted by atomic mass is 31.1. The van der Waals surface area contributed by atoms with Crippen LogP contribution in [0.1, 0.15) is 0 Å². The van der Waals surface area contributed by atoms with Crippen molar-refractivity contribution in [1.29, 1.82) is 0 Å². The normalized spacial score (nSPS) is 11.7. The van der Waals surface area contributed by atoms with Gasteiger partial charge in [0.05, 0.1) is 0 Å². The predicted molar refractivity (Wildman–Crippen MR) is 58.8 cm³/mol. The van der Waals surface area contributed by atoms with Crippen molar-refractivity contribution in [3.05, 3.63) is 42.5 Å². The molecule has 2 N–H and O–H groups in total. The smallest absolute Gasteiger partial charge is 0.327 e. The molecule has 15 heavy (non-hydrogen) atoms. The van der Waals surface area contributed by atoms with Crippen molar-refractivity contribution >= 4 is 8.25 Å². The van der Waals surface area contributed by atoms with Gasteiger partial charge in [0.25, 0.3) is 0 Å². The van der Waals surface area contributed by atoms with E-state index in [0.717, 1.165) is 0 Å². The molecule has 0 radical (unpaired) electrons. The van der Waals surface area contributed by atoms with Crippen molar-refractivity contribution in [2.24, 2.45) is 5.73 Å². The number of para-hydroxylation sites is 1. The van der Waals surface area contributed by atoms with E-state index in [1.54, 1.807) is 36.4 Å². The second-order valence-electron chi connectivity index (χ2n) is 2.63. The maximum atomic E-state index is 11.2. The van der Waals surface area contributed by atoms with Crippen LogP contribution in [0.3, 0.4) is 0 Å². The maximum Gasteiger partial charge on any atom is 0.750 e. The first-order chi connectivity index (χ1) is 7.33. The van der Waals surface area contributed by atoms with Crippen LogP contribution in [0.25, 0.3) is 0 Å². The number of hydrogen-bond acceptors (Lipinski definition) is 4. The lowest BCUT2D eigenvalue weighted by atomic mass is 10.3. The van der Waals surface area contributed by atoms with E-state index in [1.165, 1.54) is 0 Å². The molecule has 1 rings (SSSR count). The van der Waals surface area contributed by atoms with E-state index in [-0.39, 0.29) is 6.61 Å². The van der Waals surface area contributed by atoms with Gasteiger partial charge in [0.1, 0.15) is 6.61 Å². The van der Waals surface area contributed by atoms with Gasteiger partial charge in [0, 0.05) is 11.1 Å². The average Bonchev–Trinajstić information content (AvgIpc) is 2.26. The van der Waals surface area contributed by atoms with Gasteiger partial charge in [-0.1, -0.05) is 30.4 Å². The van der Waals surface area contributed by atoms with Crippen LogP contribution in [-0.2, 0) is 9.09 Å². The van der Waals surface area contributed by atoms with Gasteiger partial charge in [-0.3, -0.25) is 0 Å². The Hall–Kier alpha value is -1.22. The molecule has 80 valence electrons. The molecule has 1 aromatic carbocycles. The largest absolute Gasteiger partial charge is 0.750 e. The molecule has 0 aliphatic carbocycles. The van der Waals surface area contributed by atoms with Crippen LogP contribution in [0.4, 0.5) is 0 Å². The fourth-order valence-electron chi connectivity index (χ4n) is 0.862. The van der Waals surface area contributed by atoms with Gasteiger partial charge in [-0.15, -0.1) is 4.52 Å². The number of rotatable bonds is 6. The van der Waals surface area contributed by atoms with E-state index in [9.17, 15) is 4.57 Å². The third-order valence-electron chi connectivity index (χ3n) is 1.50. The Labute approximate surface area is 89.6 Å². The summed E-state index contributed by atoms with van der Waals surface area (Å²) in [5, 5.41) is 0. The molecular weight excluding hydrogens is 213 g/mol. The van der Waals surface area contributed by atoms with E-state index >= 15 is 0 Å². The lowest BCUT2D eigenvalue weighted by molar-refractivity contribution is 0.317. The van der Waals surface area contributed by atoms with Crippen molar-refractivity contribution in [2.45, 2.75) is 0 Å². The van der Waals surface area contributed by atoms with Crippen LogP contribution in [0, 0.1) is 0 Å². The molecule has 1 atom stereocenters. The molecule has 0 heterocycles. The fourth-order valence-corrected chi connectivity index (χ4v) is 1.42. The van der Waals surface area contributed by atoms with E-state index < -0.39 is 8.25 Å². The molecule has 4 nitrogen and oxygen atoms in total. The molecular formula is C10H13NO3P+. The van der Waals surface area contributed by atoms with Crippen molar-refractivity contribution in [3.63, 3.8) is 0 Å². The molecule has 1 aromatic rings. The zero-order chi connectivity index (χ0) is 10.9. The van der Waals surface area contributed by atoms with Gasteiger partial charge in [0.2, 0.25) is 0 Å². The van der Waals surface area contributed by atoms with Crippen LogP contribution in [-0.4, -0.2) is 13.2 Å². The second-order valence-corrected chi connectivity index (χ2v) is 3.52. The van der Waals surface area contributed by atoms with Gasteiger partial charge in [-0.25, -0.2) is 4.52 Å². The van der Waals surface area contributed by atoms with Gasteiger partial charge in [0.15, 0.2) is 5.75 Å². The number of nitrogens with two attached hydrogens (primary N) is 1. The summed E-state index contributed by atoms with van der Waals surface area (Å²) in [6.07, 6.45) is 3.42. The lowest BCUT2D eigenvalue weighted by Gasteiger charge is -1.90. The summed E-state index contributed by atoms with van der Waals surface area (Å²) < 4.78 is 21.1. The van der Waals surface area contributed by atoms with Crippen molar-refractivity contribution in [2.75, 3.05) is 13.2 Å². The second kappa shape index (κ2) is 7.12. The van der Waals surface area contributed by atoms with Crippen LogP contribution < -0.4 is 10.3 Å². The maximum absolute atomic E-state index is 11.2. The SMILES string of the molecule is NC/C=C\CO[P+](=O)Oc1ccccc1. The first-order valence-electron chi connectivity index (χ1n) is 4.51. The molecule has 0 bridgehead atoms. The van der Waals surface area contributed by atoms with Crippen LogP contribution in [0.15, 0.2) is 42.5 Å². The first-order valence-corrected chi connectivity index (χ1v) is 5.60. The molecule has 0 amide bonds. The Bertz CT molecular complexity index is 327. The standard InChI is InChI=1S/C10H13NO3P/c11-8-4-5-9-13-15(12)14-10-6-2-1-3-7-10/h1-7H,8-9,11H2/q+1/b5-4-. The highest BCUT2D eigenvalue weighted by Crippen LogP contribution is 2.27. The summed E-state index contributed by atoms with van der Waals surface area (Å²) in [5.41, 5.74) is 5.22. The average molecular weight is 226 g/mol. The minimum atomic E-state index is -2.12. The highest BCUT2D eigenvalue weighted by molar-refractivity contribution is 7.33. The van der Waals surface area contributed by atoms with Crippen LogP contribution in [0.2, 0.25) is 0 Å². The van der Waals surface area contributed by atoms with Crippen molar-refractivity contribution in [1.82, 2.24) is 0 Å². The van der Waals surface area contributed by atoms with E-state index in [0.29, 0.717) is 12.3 Å². The molecule has 0 aromatic heterocycles. The van der Waals surface area contributed by atoms with Gasteiger partial charge in [-0.2, -0.15) is 0 Å². The molecule has 1 unspecified atom stereocenters. The fraction of sp³-hybridized carbons (Fsp3) is 0.200. The summed E-state index contributed by atoms with van der Waals surface area (Å²) >= 11 is 0. The Kier molecular flexibility index (Phi) is 5.63. The van der Waals surface area contributed by atoms with Gasteiger partial charge in [-0.05, 0) is 12.1 Å². The Balaban J connectivity index is 2.28. The van der Waals surface area contributed by atoms with Crippen molar-refractivity contribution < 1.29 is 13.6 Å². The predicted octanol–water partition coefficient (Wildman–Crippen LogP) is 2.25. The highest BCUT2D eigenvalue weighted by Gasteiger charge is 2.20. The van der Waals surface area contributed by atoms with E-state index in [4.69, 9.17) is 14.8 Å². The Morgan fingerprint density at radius 3 is 2.67 bits per heavy atom. The van der Waals surface area contributed by atoms with Crippen molar-refractivity contribution in [3.8, 4) is 5.75 Å². The molecule has 0 saturated heterocycles. The third-order valence-corrected chi connectivity index (χ3v) is 2.22.